The summed E-state index contributed by atoms with van der Waals surface area (Å²) in [4.78, 5) is 14.3. The van der Waals surface area contributed by atoms with Crippen molar-refractivity contribution >= 4 is 38.9 Å². The summed E-state index contributed by atoms with van der Waals surface area (Å²) in [5.41, 5.74) is 0.764. The van der Waals surface area contributed by atoms with E-state index in [-0.39, 0.29) is 5.69 Å². The highest BCUT2D eigenvalue weighted by atomic mass is 79.9. The van der Waals surface area contributed by atoms with Crippen LogP contribution < -0.4 is 10.2 Å². The molecule has 0 unspecified atom stereocenters. The number of rotatable bonds is 3. The number of nitrogens with one attached hydrogen (secondary N) is 1. The molecule has 2 aromatic rings. The fourth-order valence-corrected chi connectivity index (χ4v) is 3.08. The number of methoxy groups -OCH3 is 1. The minimum absolute atomic E-state index is 0.114. The zero-order chi connectivity index (χ0) is 18.2. The molecule has 8 heteroatoms. The molecule has 2 aromatic carbocycles. The first kappa shape index (κ1) is 17.8. The van der Waals surface area contributed by atoms with E-state index in [1.807, 2.05) is 0 Å². The van der Waals surface area contributed by atoms with Gasteiger partial charge in [0.25, 0.3) is 5.91 Å². The number of halogens is 4. The molecule has 1 aliphatic heterocycles. The third-order valence-electron chi connectivity index (χ3n) is 3.88. The van der Waals surface area contributed by atoms with Gasteiger partial charge in [-0.15, -0.1) is 0 Å². The van der Waals surface area contributed by atoms with E-state index in [1.54, 1.807) is 23.1 Å². The van der Waals surface area contributed by atoms with Gasteiger partial charge >= 0.3 is 6.18 Å². The van der Waals surface area contributed by atoms with Crippen LogP contribution in [0.4, 0.5) is 30.2 Å². The van der Waals surface area contributed by atoms with Gasteiger partial charge in [0.1, 0.15) is 0 Å². The maximum Gasteiger partial charge on any atom is 0.416 e. The molecule has 0 saturated heterocycles. The van der Waals surface area contributed by atoms with Crippen LogP contribution in [0.3, 0.4) is 0 Å². The molecule has 0 radical (unpaired) electrons. The number of nitrogens with zero attached hydrogens (tertiary/aromatic N) is 1. The molecule has 4 nitrogen and oxygen atoms in total. The van der Waals surface area contributed by atoms with Crippen LogP contribution in [0.2, 0.25) is 0 Å². The first-order valence-electron chi connectivity index (χ1n) is 7.40. The minimum Gasteiger partial charge on any atom is -0.383 e. The predicted octanol–water partition coefficient (Wildman–Crippen LogP) is 4.82. The second-order valence-electron chi connectivity index (χ2n) is 5.49. The lowest BCUT2D eigenvalue weighted by molar-refractivity contribution is -0.137. The Balaban J connectivity index is 2.17. The Kier molecular flexibility index (Phi) is 4.75. The summed E-state index contributed by atoms with van der Waals surface area (Å²) >= 11 is 3.32. The van der Waals surface area contributed by atoms with Crippen molar-refractivity contribution in [1.82, 2.24) is 0 Å². The highest BCUT2D eigenvalue weighted by Gasteiger charge is 2.33. The van der Waals surface area contributed by atoms with Gasteiger partial charge in [-0.05, 0) is 36.4 Å². The summed E-state index contributed by atoms with van der Waals surface area (Å²) in [5, 5.41) is 2.58. The number of anilines is 3. The van der Waals surface area contributed by atoms with Crippen molar-refractivity contribution < 1.29 is 22.7 Å². The SMILES string of the molecule is COCCN1c2ccc(C(F)(F)F)cc2NC(=O)c2cc(Br)ccc21. The molecule has 1 amide bonds. The predicted molar refractivity (Wildman–Crippen MR) is 92.4 cm³/mol. The molecule has 0 spiro atoms. The van der Waals surface area contributed by atoms with Crippen molar-refractivity contribution in [2.24, 2.45) is 0 Å². The van der Waals surface area contributed by atoms with E-state index in [9.17, 15) is 18.0 Å². The lowest BCUT2D eigenvalue weighted by atomic mass is 10.1. The topological polar surface area (TPSA) is 41.6 Å². The average molecular weight is 415 g/mol. The second kappa shape index (κ2) is 6.68. The average Bonchev–Trinajstić information content (AvgIpc) is 2.66. The van der Waals surface area contributed by atoms with Gasteiger partial charge in [-0.1, -0.05) is 15.9 Å². The van der Waals surface area contributed by atoms with Gasteiger partial charge in [0.2, 0.25) is 0 Å². The van der Waals surface area contributed by atoms with Gasteiger partial charge in [0.15, 0.2) is 0 Å². The molecule has 1 aliphatic rings. The van der Waals surface area contributed by atoms with Crippen LogP contribution in [0.25, 0.3) is 0 Å². The Morgan fingerprint density at radius 2 is 1.88 bits per heavy atom. The van der Waals surface area contributed by atoms with Gasteiger partial charge < -0.3 is 15.0 Å². The van der Waals surface area contributed by atoms with Gasteiger partial charge in [-0.25, -0.2) is 0 Å². The Morgan fingerprint density at radius 3 is 2.56 bits per heavy atom. The summed E-state index contributed by atoms with van der Waals surface area (Å²) < 4.78 is 44.9. The summed E-state index contributed by atoms with van der Waals surface area (Å²) in [6, 6.07) is 8.50. The molecule has 0 saturated carbocycles. The first-order chi connectivity index (χ1) is 11.8. The maximum absolute atomic E-state index is 13.0. The van der Waals surface area contributed by atoms with Crippen LogP contribution in [0.5, 0.6) is 0 Å². The van der Waals surface area contributed by atoms with E-state index in [4.69, 9.17) is 4.74 Å². The number of hydrogen-bond donors (Lipinski definition) is 1. The molecule has 1 heterocycles. The molecular formula is C17H14BrF3N2O2. The highest BCUT2D eigenvalue weighted by molar-refractivity contribution is 9.10. The number of hydrogen-bond acceptors (Lipinski definition) is 3. The summed E-state index contributed by atoms with van der Waals surface area (Å²) in [7, 11) is 1.54. The number of benzene rings is 2. The summed E-state index contributed by atoms with van der Waals surface area (Å²) in [6.07, 6.45) is -4.49. The quantitative estimate of drug-likeness (QED) is 0.782. The molecule has 25 heavy (non-hydrogen) atoms. The minimum atomic E-state index is -4.49. The molecule has 0 aliphatic carbocycles. The van der Waals surface area contributed by atoms with Crippen LogP contribution in [-0.4, -0.2) is 26.2 Å². The molecule has 0 fully saturated rings. The number of alkyl halides is 3. The van der Waals surface area contributed by atoms with Crippen LogP contribution >= 0.6 is 15.9 Å². The van der Waals surface area contributed by atoms with Gasteiger partial charge in [0.05, 0.1) is 34.8 Å². The summed E-state index contributed by atoms with van der Waals surface area (Å²) in [6.45, 7) is 0.739. The Hall–Kier alpha value is -2.06. The first-order valence-corrected chi connectivity index (χ1v) is 8.19. The van der Waals surface area contributed by atoms with E-state index < -0.39 is 17.6 Å². The number of amides is 1. The Labute approximate surface area is 150 Å². The molecule has 0 atom stereocenters. The third kappa shape index (κ3) is 3.50. The van der Waals surface area contributed by atoms with E-state index in [0.717, 1.165) is 12.1 Å². The molecule has 0 aromatic heterocycles. The van der Waals surface area contributed by atoms with Crippen molar-refractivity contribution in [3.8, 4) is 0 Å². The number of carbonyl (C=O) groups is 1. The normalized spacial score (nSPS) is 13.8. The standard InChI is InChI=1S/C17H14BrF3N2O2/c1-25-7-6-23-14-5-3-11(18)9-12(14)16(24)22-13-8-10(17(19,20)21)2-4-15(13)23/h2-5,8-9H,6-7H2,1H3,(H,22,24). The lowest BCUT2D eigenvalue weighted by Crippen LogP contribution is -2.22. The van der Waals surface area contributed by atoms with Crippen LogP contribution in [-0.2, 0) is 10.9 Å². The highest BCUT2D eigenvalue weighted by Crippen LogP contribution is 2.41. The van der Waals surface area contributed by atoms with E-state index in [1.165, 1.54) is 13.2 Å². The molecule has 0 bridgehead atoms. The second-order valence-corrected chi connectivity index (χ2v) is 6.41. The van der Waals surface area contributed by atoms with Gasteiger partial charge in [0, 0.05) is 18.1 Å². The Bertz CT molecular complexity index is 824. The third-order valence-corrected chi connectivity index (χ3v) is 4.37. The van der Waals surface area contributed by atoms with Crippen molar-refractivity contribution in [2.45, 2.75) is 6.18 Å². The maximum atomic E-state index is 13.0. The van der Waals surface area contributed by atoms with Crippen molar-refractivity contribution in [2.75, 3.05) is 30.5 Å². The Morgan fingerprint density at radius 1 is 1.16 bits per heavy atom. The molecule has 1 N–H and O–H groups in total. The monoisotopic (exact) mass is 414 g/mol. The molecule has 132 valence electrons. The van der Waals surface area contributed by atoms with Crippen molar-refractivity contribution in [1.29, 1.82) is 0 Å². The van der Waals surface area contributed by atoms with Gasteiger partial charge in [-0.2, -0.15) is 13.2 Å². The zero-order valence-corrected chi connectivity index (χ0v) is 14.7. The number of carbonyl (C=O) groups excluding carboxylic acids is 1. The smallest absolute Gasteiger partial charge is 0.383 e. The van der Waals surface area contributed by atoms with E-state index in [0.29, 0.717) is 34.6 Å². The lowest BCUT2D eigenvalue weighted by Gasteiger charge is -2.26. The van der Waals surface area contributed by atoms with Crippen LogP contribution in [0, 0.1) is 0 Å². The van der Waals surface area contributed by atoms with Crippen LogP contribution in [0.15, 0.2) is 40.9 Å². The van der Waals surface area contributed by atoms with Crippen LogP contribution in [0.1, 0.15) is 15.9 Å². The fraction of sp³-hybridized carbons (Fsp3) is 0.235. The van der Waals surface area contributed by atoms with Gasteiger partial charge in [-0.3, -0.25) is 4.79 Å². The molecular weight excluding hydrogens is 401 g/mol. The molecule has 3 rings (SSSR count). The van der Waals surface area contributed by atoms with E-state index >= 15 is 0 Å². The number of fused-ring (bicyclic) bond motifs is 2. The largest absolute Gasteiger partial charge is 0.416 e. The number of ether oxygens (including phenoxy) is 1. The van der Waals surface area contributed by atoms with Crippen molar-refractivity contribution in [3.63, 3.8) is 0 Å². The van der Waals surface area contributed by atoms with Crippen molar-refractivity contribution in [3.05, 3.63) is 52.0 Å². The fourth-order valence-electron chi connectivity index (χ4n) is 2.72. The zero-order valence-electron chi connectivity index (χ0n) is 13.2. The van der Waals surface area contributed by atoms with E-state index in [2.05, 4.69) is 21.2 Å². The summed E-state index contributed by atoms with van der Waals surface area (Å²) in [5.74, 6) is -0.461.